The first-order chi connectivity index (χ1) is 15.7. The van der Waals surface area contributed by atoms with Gasteiger partial charge in [-0.25, -0.2) is 0 Å². The van der Waals surface area contributed by atoms with Crippen molar-refractivity contribution >= 4 is 29.3 Å². The molecule has 0 radical (unpaired) electrons. The first-order valence-electron chi connectivity index (χ1n) is 10.4. The largest absolute Gasteiger partial charge is 0.454 e. The number of fused-ring (bicyclic) bond motifs is 1. The van der Waals surface area contributed by atoms with Crippen LogP contribution in [0.25, 0.3) is 0 Å². The standard InChI is InChI=1S/C25H24N2O4S/c28-24(11-6-14-32-19-7-2-1-3-8-19)27-21-10-5-4-9-20(21)25(29)26-16-18-12-13-22-23(15-18)31-17-30-22/h1-5,7-10,12-13,15H,6,11,14,16-17H2,(H,26,29)(H,27,28). The zero-order valence-corrected chi connectivity index (χ0v) is 18.3. The summed E-state index contributed by atoms with van der Waals surface area (Å²) >= 11 is 1.73. The van der Waals surface area contributed by atoms with Gasteiger partial charge in [0.1, 0.15) is 0 Å². The molecule has 0 atom stereocenters. The summed E-state index contributed by atoms with van der Waals surface area (Å²) < 4.78 is 10.7. The first kappa shape index (κ1) is 21.8. The van der Waals surface area contributed by atoms with Gasteiger partial charge in [0, 0.05) is 17.9 Å². The highest BCUT2D eigenvalue weighted by atomic mass is 32.2. The number of hydrogen-bond donors (Lipinski definition) is 2. The summed E-state index contributed by atoms with van der Waals surface area (Å²) in [5, 5.41) is 5.78. The molecule has 0 aliphatic carbocycles. The number of amides is 2. The molecule has 0 spiro atoms. The number of thioether (sulfide) groups is 1. The second-order valence-corrected chi connectivity index (χ2v) is 8.40. The molecule has 1 aliphatic rings. The maximum atomic E-state index is 12.7. The lowest BCUT2D eigenvalue weighted by molar-refractivity contribution is -0.116. The van der Waals surface area contributed by atoms with Crippen LogP contribution in [0.15, 0.2) is 77.7 Å². The number of para-hydroxylation sites is 1. The van der Waals surface area contributed by atoms with E-state index in [1.807, 2.05) is 36.4 Å². The van der Waals surface area contributed by atoms with Crippen molar-refractivity contribution in [3.8, 4) is 11.5 Å². The molecule has 4 rings (SSSR count). The summed E-state index contributed by atoms with van der Waals surface area (Å²) in [6.45, 7) is 0.553. The Kier molecular flexibility index (Phi) is 7.30. The Morgan fingerprint density at radius 3 is 2.56 bits per heavy atom. The van der Waals surface area contributed by atoms with E-state index in [0.717, 1.165) is 17.7 Å². The predicted molar refractivity (Wildman–Crippen MR) is 125 cm³/mol. The second kappa shape index (κ2) is 10.7. The van der Waals surface area contributed by atoms with Crippen LogP contribution in [0.1, 0.15) is 28.8 Å². The highest BCUT2D eigenvalue weighted by Gasteiger charge is 2.15. The zero-order valence-electron chi connectivity index (χ0n) is 17.5. The number of ether oxygens (including phenoxy) is 2. The molecule has 3 aromatic carbocycles. The fraction of sp³-hybridized carbons (Fsp3) is 0.200. The van der Waals surface area contributed by atoms with Crippen LogP contribution in [0.4, 0.5) is 5.69 Å². The van der Waals surface area contributed by atoms with Gasteiger partial charge in [-0.1, -0.05) is 36.4 Å². The molecular formula is C25H24N2O4S. The van der Waals surface area contributed by atoms with Gasteiger partial charge in [0.05, 0.1) is 11.3 Å². The normalized spacial score (nSPS) is 11.8. The molecule has 3 aromatic rings. The van der Waals surface area contributed by atoms with Crippen molar-refractivity contribution in [2.45, 2.75) is 24.3 Å². The van der Waals surface area contributed by atoms with E-state index in [1.165, 1.54) is 4.90 Å². The maximum Gasteiger partial charge on any atom is 0.253 e. The van der Waals surface area contributed by atoms with Crippen LogP contribution >= 0.6 is 11.8 Å². The quantitative estimate of drug-likeness (QED) is 0.361. The third kappa shape index (κ3) is 5.82. The lowest BCUT2D eigenvalue weighted by Gasteiger charge is -2.12. The number of nitrogens with one attached hydrogen (secondary N) is 2. The van der Waals surface area contributed by atoms with Gasteiger partial charge in [-0.2, -0.15) is 0 Å². The maximum absolute atomic E-state index is 12.7. The minimum Gasteiger partial charge on any atom is -0.454 e. The fourth-order valence-corrected chi connectivity index (χ4v) is 4.14. The van der Waals surface area contributed by atoms with Gasteiger partial charge in [-0.15, -0.1) is 11.8 Å². The Balaban J connectivity index is 1.27. The van der Waals surface area contributed by atoms with Crippen molar-refractivity contribution in [2.75, 3.05) is 17.9 Å². The van der Waals surface area contributed by atoms with Gasteiger partial charge in [0.2, 0.25) is 12.7 Å². The van der Waals surface area contributed by atoms with Gasteiger partial charge in [0.15, 0.2) is 11.5 Å². The van der Waals surface area contributed by atoms with Crippen molar-refractivity contribution in [3.05, 3.63) is 83.9 Å². The number of rotatable bonds is 9. The van der Waals surface area contributed by atoms with E-state index in [1.54, 1.807) is 36.0 Å². The minimum absolute atomic E-state index is 0.102. The van der Waals surface area contributed by atoms with Gasteiger partial charge >= 0.3 is 0 Å². The van der Waals surface area contributed by atoms with E-state index >= 15 is 0 Å². The van der Waals surface area contributed by atoms with Crippen LogP contribution in [0, 0.1) is 0 Å². The summed E-state index contributed by atoms with van der Waals surface area (Å²) in [6.07, 6.45) is 1.15. The topological polar surface area (TPSA) is 76.7 Å². The number of carbonyl (C=O) groups excluding carboxylic acids is 2. The van der Waals surface area contributed by atoms with Crippen molar-refractivity contribution in [3.63, 3.8) is 0 Å². The van der Waals surface area contributed by atoms with Crippen LogP contribution in [-0.2, 0) is 11.3 Å². The molecule has 0 fully saturated rings. The van der Waals surface area contributed by atoms with Crippen LogP contribution in [0.2, 0.25) is 0 Å². The lowest BCUT2D eigenvalue weighted by atomic mass is 10.1. The lowest BCUT2D eigenvalue weighted by Crippen LogP contribution is -2.24. The molecule has 0 saturated carbocycles. The Hall–Kier alpha value is -3.45. The molecular weight excluding hydrogens is 424 g/mol. The molecule has 2 amide bonds. The van der Waals surface area contributed by atoms with E-state index in [0.29, 0.717) is 35.7 Å². The summed E-state index contributed by atoms with van der Waals surface area (Å²) in [5.74, 6) is 1.88. The Labute approximate surface area is 191 Å². The first-order valence-corrected chi connectivity index (χ1v) is 11.4. The van der Waals surface area contributed by atoms with Crippen LogP contribution in [0.3, 0.4) is 0 Å². The van der Waals surface area contributed by atoms with Crippen molar-refractivity contribution < 1.29 is 19.1 Å². The van der Waals surface area contributed by atoms with E-state index in [9.17, 15) is 9.59 Å². The van der Waals surface area contributed by atoms with E-state index < -0.39 is 0 Å². The number of anilines is 1. The van der Waals surface area contributed by atoms with Crippen LogP contribution in [-0.4, -0.2) is 24.4 Å². The highest BCUT2D eigenvalue weighted by Crippen LogP contribution is 2.32. The smallest absolute Gasteiger partial charge is 0.253 e. The molecule has 164 valence electrons. The van der Waals surface area contributed by atoms with E-state index in [2.05, 4.69) is 22.8 Å². The Morgan fingerprint density at radius 2 is 1.69 bits per heavy atom. The molecule has 0 saturated heterocycles. The van der Waals surface area contributed by atoms with Crippen molar-refractivity contribution in [1.29, 1.82) is 0 Å². The zero-order chi connectivity index (χ0) is 22.2. The molecule has 0 unspecified atom stereocenters. The molecule has 2 N–H and O–H groups in total. The highest BCUT2D eigenvalue weighted by molar-refractivity contribution is 7.99. The Morgan fingerprint density at radius 1 is 0.906 bits per heavy atom. The number of hydrogen-bond acceptors (Lipinski definition) is 5. The minimum atomic E-state index is -0.252. The fourth-order valence-electron chi connectivity index (χ4n) is 3.27. The van der Waals surface area contributed by atoms with E-state index in [-0.39, 0.29) is 18.6 Å². The van der Waals surface area contributed by atoms with Crippen LogP contribution in [0.5, 0.6) is 11.5 Å². The van der Waals surface area contributed by atoms with Crippen molar-refractivity contribution in [2.24, 2.45) is 0 Å². The average Bonchev–Trinajstić information content (AvgIpc) is 3.29. The third-order valence-electron chi connectivity index (χ3n) is 4.90. The SMILES string of the molecule is O=C(CCCSc1ccccc1)Nc1ccccc1C(=O)NCc1ccc2c(c1)OCO2. The van der Waals surface area contributed by atoms with E-state index in [4.69, 9.17) is 9.47 Å². The Bertz CT molecular complexity index is 1090. The molecule has 7 heteroatoms. The number of carbonyl (C=O) groups is 2. The molecule has 1 heterocycles. The van der Waals surface area contributed by atoms with Gasteiger partial charge < -0.3 is 20.1 Å². The van der Waals surface area contributed by atoms with Crippen LogP contribution < -0.4 is 20.1 Å². The van der Waals surface area contributed by atoms with Gasteiger partial charge in [-0.05, 0) is 54.1 Å². The average molecular weight is 449 g/mol. The summed E-state index contributed by atoms with van der Waals surface area (Å²) in [7, 11) is 0. The predicted octanol–water partition coefficient (Wildman–Crippen LogP) is 4.86. The molecule has 0 aromatic heterocycles. The summed E-state index contributed by atoms with van der Waals surface area (Å²) in [4.78, 5) is 26.4. The number of benzene rings is 3. The molecule has 6 nitrogen and oxygen atoms in total. The molecule has 1 aliphatic heterocycles. The van der Waals surface area contributed by atoms with Crippen molar-refractivity contribution in [1.82, 2.24) is 5.32 Å². The summed E-state index contributed by atoms with van der Waals surface area (Å²) in [6, 6.07) is 22.7. The molecule has 32 heavy (non-hydrogen) atoms. The van der Waals surface area contributed by atoms with Gasteiger partial charge in [0.25, 0.3) is 5.91 Å². The third-order valence-corrected chi connectivity index (χ3v) is 5.99. The monoisotopic (exact) mass is 448 g/mol. The summed E-state index contributed by atoms with van der Waals surface area (Å²) in [5.41, 5.74) is 1.84. The van der Waals surface area contributed by atoms with Gasteiger partial charge in [-0.3, -0.25) is 9.59 Å². The second-order valence-electron chi connectivity index (χ2n) is 7.23. The molecule has 0 bridgehead atoms.